The number of benzene rings is 1. The Balaban J connectivity index is 1.98. The lowest BCUT2D eigenvalue weighted by molar-refractivity contribution is 0.916. The number of hydrogen-bond donors (Lipinski definition) is 0. The Morgan fingerprint density at radius 2 is 1.95 bits per heavy atom. The number of nitrogens with zero attached hydrogens (tertiary/aromatic N) is 3. The van der Waals surface area contributed by atoms with Crippen LogP contribution < -0.4 is 4.90 Å². The Morgan fingerprint density at radius 1 is 1.14 bits per heavy atom. The van der Waals surface area contributed by atoms with Crippen LogP contribution in [-0.4, -0.2) is 17.0 Å². The second-order valence-corrected chi connectivity index (χ2v) is 6.05. The lowest BCUT2D eigenvalue weighted by atomic mass is 10.1. The van der Waals surface area contributed by atoms with Crippen LogP contribution in [0.1, 0.15) is 11.1 Å². The van der Waals surface area contributed by atoms with Crippen molar-refractivity contribution in [2.24, 2.45) is 0 Å². The molecule has 2 heterocycles. The number of pyridine rings is 2. The van der Waals surface area contributed by atoms with Gasteiger partial charge in [0, 0.05) is 30.5 Å². The first-order valence-corrected chi connectivity index (χ1v) is 7.60. The molecule has 3 aromatic rings. The molecule has 0 amide bonds. The molecule has 0 aliphatic heterocycles. The topological polar surface area (TPSA) is 29.0 Å². The molecule has 0 saturated carbocycles. The summed E-state index contributed by atoms with van der Waals surface area (Å²) in [6, 6.07) is 12.5. The number of hydrogen-bond acceptors (Lipinski definition) is 3. The minimum Gasteiger partial charge on any atom is -0.368 e. The lowest BCUT2D eigenvalue weighted by Crippen LogP contribution is -2.17. The van der Waals surface area contributed by atoms with Crippen molar-refractivity contribution in [1.29, 1.82) is 0 Å². The average molecular weight is 342 g/mol. The van der Waals surface area contributed by atoms with E-state index in [9.17, 15) is 0 Å². The standard InChI is InChI=1S/C17H16BrN3/c1-12-5-3-4-6-13(12)11-21(2)16-7-8-19-15-9-14(18)10-20-17(15)16/h3-10H,11H2,1-2H3. The van der Waals surface area contributed by atoms with Crippen molar-refractivity contribution >= 4 is 32.7 Å². The van der Waals surface area contributed by atoms with Gasteiger partial charge in [-0.2, -0.15) is 0 Å². The van der Waals surface area contributed by atoms with Gasteiger partial charge in [-0.1, -0.05) is 24.3 Å². The van der Waals surface area contributed by atoms with Crippen molar-refractivity contribution < 1.29 is 0 Å². The van der Waals surface area contributed by atoms with Crippen LogP contribution in [-0.2, 0) is 6.54 Å². The molecule has 2 aromatic heterocycles. The summed E-state index contributed by atoms with van der Waals surface area (Å²) < 4.78 is 0.946. The molecule has 3 nitrogen and oxygen atoms in total. The molecular weight excluding hydrogens is 326 g/mol. The highest BCUT2D eigenvalue weighted by Gasteiger charge is 2.10. The average Bonchev–Trinajstić information content (AvgIpc) is 2.48. The fourth-order valence-electron chi connectivity index (χ4n) is 2.43. The first kappa shape index (κ1) is 14.0. The molecule has 0 aliphatic rings. The zero-order chi connectivity index (χ0) is 14.8. The van der Waals surface area contributed by atoms with E-state index in [1.807, 2.05) is 24.5 Å². The van der Waals surface area contributed by atoms with Gasteiger partial charge in [-0.05, 0) is 46.1 Å². The summed E-state index contributed by atoms with van der Waals surface area (Å²) in [6.07, 6.45) is 3.65. The van der Waals surface area contributed by atoms with Crippen LogP contribution in [0.4, 0.5) is 5.69 Å². The van der Waals surface area contributed by atoms with Crippen molar-refractivity contribution in [3.05, 3.63) is 64.4 Å². The highest BCUT2D eigenvalue weighted by Crippen LogP contribution is 2.26. The van der Waals surface area contributed by atoms with Crippen LogP contribution in [0.5, 0.6) is 0 Å². The van der Waals surface area contributed by atoms with Gasteiger partial charge in [0.25, 0.3) is 0 Å². The van der Waals surface area contributed by atoms with E-state index in [0.29, 0.717) is 0 Å². The summed E-state index contributed by atoms with van der Waals surface area (Å²) in [5.41, 5.74) is 5.55. The Labute approximate surface area is 132 Å². The molecule has 0 unspecified atom stereocenters. The summed E-state index contributed by atoms with van der Waals surface area (Å²) >= 11 is 3.44. The third-order valence-electron chi connectivity index (χ3n) is 3.60. The van der Waals surface area contributed by atoms with Gasteiger partial charge in [0.1, 0.15) is 5.52 Å². The molecule has 106 valence electrons. The summed E-state index contributed by atoms with van der Waals surface area (Å²) in [5, 5.41) is 0. The highest BCUT2D eigenvalue weighted by molar-refractivity contribution is 9.10. The molecule has 0 atom stereocenters. The summed E-state index contributed by atoms with van der Waals surface area (Å²) in [5.74, 6) is 0. The van der Waals surface area contributed by atoms with Gasteiger partial charge in [-0.15, -0.1) is 0 Å². The van der Waals surface area contributed by atoms with Crippen molar-refractivity contribution in [3.63, 3.8) is 0 Å². The monoisotopic (exact) mass is 341 g/mol. The number of halogens is 1. The SMILES string of the molecule is Cc1ccccc1CN(C)c1ccnc2cc(Br)cnc12. The van der Waals surface area contributed by atoms with Crippen LogP contribution in [0.25, 0.3) is 11.0 Å². The molecule has 0 radical (unpaired) electrons. The number of anilines is 1. The lowest BCUT2D eigenvalue weighted by Gasteiger charge is -2.21. The second kappa shape index (κ2) is 5.82. The number of aromatic nitrogens is 2. The summed E-state index contributed by atoms with van der Waals surface area (Å²) in [6.45, 7) is 2.99. The van der Waals surface area contributed by atoms with Crippen LogP contribution in [0, 0.1) is 6.92 Å². The minimum absolute atomic E-state index is 0.851. The Morgan fingerprint density at radius 3 is 2.76 bits per heavy atom. The fourth-order valence-corrected chi connectivity index (χ4v) is 2.75. The van der Waals surface area contributed by atoms with E-state index in [-0.39, 0.29) is 0 Å². The molecule has 4 heteroatoms. The van der Waals surface area contributed by atoms with Crippen molar-refractivity contribution in [1.82, 2.24) is 9.97 Å². The molecule has 1 aromatic carbocycles. The molecule has 21 heavy (non-hydrogen) atoms. The number of aryl methyl sites for hydroxylation is 1. The molecule has 0 bridgehead atoms. The Kier molecular flexibility index (Phi) is 3.88. The van der Waals surface area contributed by atoms with Gasteiger partial charge in [0.15, 0.2) is 0 Å². The zero-order valence-electron chi connectivity index (χ0n) is 12.0. The Bertz CT molecular complexity index is 786. The summed E-state index contributed by atoms with van der Waals surface area (Å²) in [4.78, 5) is 11.1. The van der Waals surface area contributed by atoms with Crippen molar-refractivity contribution in [3.8, 4) is 0 Å². The molecule has 3 rings (SSSR count). The van der Waals surface area contributed by atoms with Gasteiger partial charge < -0.3 is 4.90 Å². The van der Waals surface area contributed by atoms with E-state index in [1.165, 1.54) is 11.1 Å². The molecule has 0 aliphatic carbocycles. The third kappa shape index (κ3) is 2.90. The maximum absolute atomic E-state index is 4.51. The summed E-state index contributed by atoms with van der Waals surface area (Å²) in [7, 11) is 2.09. The van der Waals surface area contributed by atoms with Gasteiger partial charge in [0.2, 0.25) is 0 Å². The smallest absolute Gasteiger partial charge is 0.112 e. The largest absolute Gasteiger partial charge is 0.368 e. The first-order chi connectivity index (χ1) is 10.1. The van der Waals surface area contributed by atoms with Crippen LogP contribution in [0.3, 0.4) is 0 Å². The molecule has 0 saturated heterocycles. The van der Waals surface area contributed by atoms with E-state index in [2.05, 4.69) is 69.0 Å². The maximum Gasteiger partial charge on any atom is 0.112 e. The number of rotatable bonds is 3. The van der Waals surface area contributed by atoms with E-state index >= 15 is 0 Å². The minimum atomic E-state index is 0.851. The van der Waals surface area contributed by atoms with Crippen molar-refractivity contribution in [2.45, 2.75) is 13.5 Å². The van der Waals surface area contributed by atoms with E-state index in [1.54, 1.807) is 0 Å². The molecule has 0 N–H and O–H groups in total. The van der Waals surface area contributed by atoms with Gasteiger partial charge in [-0.25, -0.2) is 0 Å². The fraction of sp³-hybridized carbons (Fsp3) is 0.176. The van der Waals surface area contributed by atoms with E-state index in [4.69, 9.17) is 0 Å². The first-order valence-electron chi connectivity index (χ1n) is 6.81. The van der Waals surface area contributed by atoms with Gasteiger partial charge in [0.05, 0.1) is 11.2 Å². The van der Waals surface area contributed by atoms with Crippen molar-refractivity contribution in [2.75, 3.05) is 11.9 Å². The second-order valence-electron chi connectivity index (χ2n) is 5.13. The van der Waals surface area contributed by atoms with Crippen LogP contribution in [0.15, 0.2) is 53.3 Å². The van der Waals surface area contributed by atoms with Gasteiger partial charge >= 0.3 is 0 Å². The van der Waals surface area contributed by atoms with E-state index in [0.717, 1.165) is 27.7 Å². The predicted octanol–water partition coefficient (Wildman–Crippen LogP) is 4.34. The molecule has 0 spiro atoms. The number of fused-ring (bicyclic) bond motifs is 1. The maximum atomic E-state index is 4.51. The zero-order valence-corrected chi connectivity index (χ0v) is 13.6. The molecular formula is C17H16BrN3. The van der Waals surface area contributed by atoms with Crippen LogP contribution in [0.2, 0.25) is 0 Å². The van der Waals surface area contributed by atoms with Gasteiger partial charge in [-0.3, -0.25) is 9.97 Å². The molecule has 0 fully saturated rings. The third-order valence-corrected chi connectivity index (χ3v) is 4.04. The highest BCUT2D eigenvalue weighted by atomic mass is 79.9. The Hall–Kier alpha value is -1.94. The normalized spacial score (nSPS) is 10.8. The van der Waals surface area contributed by atoms with Crippen LogP contribution >= 0.6 is 15.9 Å². The predicted molar refractivity (Wildman–Crippen MR) is 90.5 cm³/mol. The van der Waals surface area contributed by atoms with E-state index < -0.39 is 0 Å². The quantitative estimate of drug-likeness (QED) is 0.709.